The summed E-state index contributed by atoms with van der Waals surface area (Å²) in [6.45, 7) is 5.87. The summed E-state index contributed by atoms with van der Waals surface area (Å²) in [5.74, 6) is 0. The first kappa shape index (κ1) is 13.8. The smallest absolute Gasteiger partial charge is 0.287 e. The van der Waals surface area contributed by atoms with E-state index in [2.05, 4.69) is 16.9 Å². The number of hydrogen-bond acceptors (Lipinski definition) is 4. The molecule has 0 amide bonds. The summed E-state index contributed by atoms with van der Waals surface area (Å²) in [6, 6.07) is 0. The van der Waals surface area contributed by atoms with Crippen LogP contribution in [0.1, 0.15) is 6.92 Å². The molecule has 2 heterocycles. The summed E-state index contributed by atoms with van der Waals surface area (Å²) in [4.78, 5) is 14.1. The molecule has 0 N–H and O–H groups in total. The molecule has 100 valence electrons. The molecule has 1 atom stereocenters. The number of halogens is 2. The molecule has 0 aromatic carbocycles. The van der Waals surface area contributed by atoms with Crippen LogP contribution in [-0.2, 0) is 11.3 Å². The largest absolute Gasteiger partial charge is 0.374 e. The van der Waals surface area contributed by atoms with Crippen molar-refractivity contribution in [3.05, 3.63) is 26.6 Å². The summed E-state index contributed by atoms with van der Waals surface area (Å²) < 4.78 is 6.93. The maximum absolute atomic E-state index is 11.8. The first-order valence-electron chi connectivity index (χ1n) is 5.87. The fourth-order valence-corrected chi connectivity index (χ4v) is 2.22. The molecule has 1 unspecified atom stereocenters. The Hall–Kier alpha value is -0.620. The molecule has 5 nitrogen and oxygen atoms in total. The average molecular weight is 292 g/mol. The second-order valence-electron chi connectivity index (χ2n) is 4.18. The third-order valence-electron chi connectivity index (χ3n) is 2.99. The number of aromatic nitrogens is 2. The maximum atomic E-state index is 11.8. The molecule has 2 rings (SSSR count). The number of nitrogens with zero attached hydrogens (tertiary/aromatic N) is 3. The first-order valence-corrected chi connectivity index (χ1v) is 6.62. The lowest BCUT2D eigenvalue weighted by molar-refractivity contribution is -0.0364. The summed E-state index contributed by atoms with van der Waals surface area (Å²) in [7, 11) is 0. The van der Waals surface area contributed by atoms with Crippen molar-refractivity contribution in [3.63, 3.8) is 0 Å². The van der Waals surface area contributed by atoms with E-state index in [1.54, 1.807) is 0 Å². The lowest BCUT2D eigenvalue weighted by Crippen LogP contribution is -2.45. The minimum Gasteiger partial charge on any atom is -0.374 e. The number of likely N-dealkylation sites (N-methyl/N-ethyl adjacent to an activating group) is 1. The van der Waals surface area contributed by atoms with Crippen molar-refractivity contribution in [1.29, 1.82) is 0 Å². The van der Waals surface area contributed by atoms with Gasteiger partial charge < -0.3 is 4.74 Å². The van der Waals surface area contributed by atoms with Crippen molar-refractivity contribution >= 4 is 23.2 Å². The molecule has 0 bridgehead atoms. The van der Waals surface area contributed by atoms with Gasteiger partial charge in [0.2, 0.25) is 0 Å². The van der Waals surface area contributed by atoms with Crippen molar-refractivity contribution in [2.24, 2.45) is 0 Å². The van der Waals surface area contributed by atoms with Gasteiger partial charge in [0.05, 0.1) is 30.5 Å². The van der Waals surface area contributed by atoms with Crippen LogP contribution >= 0.6 is 23.2 Å². The number of hydrogen-bond donors (Lipinski definition) is 0. The summed E-state index contributed by atoms with van der Waals surface area (Å²) in [6.07, 6.45) is 1.34. The topological polar surface area (TPSA) is 47.4 Å². The lowest BCUT2D eigenvalue weighted by Gasteiger charge is -2.31. The van der Waals surface area contributed by atoms with Gasteiger partial charge in [0.1, 0.15) is 5.02 Å². The highest BCUT2D eigenvalue weighted by molar-refractivity contribution is 6.41. The van der Waals surface area contributed by atoms with Crippen molar-refractivity contribution in [3.8, 4) is 0 Å². The molecular formula is C11H15Cl2N3O2. The average Bonchev–Trinajstić information content (AvgIpc) is 2.40. The molecule has 0 spiro atoms. The maximum Gasteiger partial charge on any atom is 0.287 e. The second-order valence-corrected chi connectivity index (χ2v) is 4.96. The Labute approximate surface area is 115 Å². The zero-order valence-corrected chi connectivity index (χ0v) is 11.6. The van der Waals surface area contributed by atoms with Gasteiger partial charge in [0.15, 0.2) is 0 Å². The van der Waals surface area contributed by atoms with Crippen LogP contribution in [0, 0.1) is 0 Å². The molecule has 0 aliphatic carbocycles. The highest BCUT2D eigenvalue weighted by Crippen LogP contribution is 2.15. The van der Waals surface area contributed by atoms with Crippen LogP contribution in [0.15, 0.2) is 11.0 Å². The molecule has 7 heteroatoms. The molecule has 0 saturated carbocycles. The van der Waals surface area contributed by atoms with E-state index in [0.717, 1.165) is 19.6 Å². The fraction of sp³-hybridized carbons (Fsp3) is 0.636. The van der Waals surface area contributed by atoms with Crippen molar-refractivity contribution in [2.75, 3.05) is 26.2 Å². The molecule has 1 aliphatic rings. The molecule has 0 radical (unpaired) electrons. The van der Waals surface area contributed by atoms with Crippen molar-refractivity contribution < 1.29 is 4.74 Å². The third kappa shape index (κ3) is 3.03. The Morgan fingerprint density at radius 1 is 1.56 bits per heavy atom. The second kappa shape index (κ2) is 6.02. The lowest BCUT2D eigenvalue weighted by atomic mass is 10.2. The van der Waals surface area contributed by atoms with E-state index < -0.39 is 0 Å². The van der Waals surface area contributed by atoms with E-state index in [9.17, 15) is 4.79 Å². The van der Waals surface area contributed by atoms with Crippen LogP contribution in [0.2, 0.25) is 10.0 Å². The Balaban J connectivity index is 2.10. The van der Waals surface area contributed by atoms with Gasteiger partial charge in [-0.3, -0.25) is 9.69 Å². The van der Waals surface area contributed by atoms with Gasteiger partial charge in [-0.05, 0) is 6.54 Å². The predicted octanol–water partition coefficient (Wildman–Crippen LogP) is 1.27. The first-order chi connectivity index (χ1) is 8.61. The fourth-order valence-electron chi connectivity index (χ4n) is 1.95. The van der Waals surface area contributed by atoms with Crippen molar-refractivity contribution in [1.82, 2.24) is 14.7 Å². The monoisotopic (exact) mass is 291 g/mol. The molecule has 18 heavy (non-hydrogen) atoms. The SMILES string of the molecule is CCN1CCOC(Cn2ncc(Cl)c(Cl)c2=O)C1. The van der Waals surface area contributed by atoms with Crippen LogP contribution in [0.3, 0.4) is 0 Å². The Bertz CT molecular complexity index is 478. The minimum absolute atomic E-state index is 0.00910. The van der Waals surface area contributed by atoms with Gasteiger partial charge in [-0.2, -0.15) is 5.10 Å². The molecular weight excluding hydrogens is 277 g/mol. The minimum atomic E-state index is -0.374. The van der Waals surface area contributed by atoms with Gasteiger partial charge in [-0.25, -0.2) is 4.68 Å². The van der Waals surface area contributed by atoms with Crippen molar-refractivity contribution in [2.45, 2.75) is 19.6 Å². The Kier molecular flexibility index (Phi) is 4.61. The van der Waals surface area contributed by atoms with E-state index in [1.165, 1.54) is 10.9 Å². The van der Waals surface area contributed by atoms with Gasteiger partial charge in [-0.1, -0.05) is 30.1 Å². The molecule has 1 aromatic rings. The van der Waals surface area contributed by atoms with Gasteiger partial charge in [-0.15, -0.1) is 0 Å². The molecule has 1 fully saturated rings. The van der Waals surface area contributed by atoms with Crippen LogP contribution in [-0.4, -0.2) is 47.0 Å². The Morgan fingerprint density at radius 2 is 2.33 bits per heavy atom. The summed E-state index contributed by atoms with van der Waals surface area (Å²) >= 11 is 11.5. The summed E-state index contributed by atoms with van der Waals surface area (Å²) in [5.41, 5.74) is -0.374. The van der Waals surface area contributed by atoms with E-state index >= 15 is 0 Å². The van der Waals surface area contributed by atoms with E-state index in [-0.39, 0.29) is 21.7 Å². The van der Waals surface area contributed by atoms with Crippen LogP contribution in [0.5, 0.6) is 0 Å². The normalized spacial score (nSPS) is 21.2. The molecule has 1 aromatic heterocycles. The quantitative estimate of drug-likeness (QED) is 0.842. The molecule has 1 aliphatic heterocycles. The highest BCUT2D eigenvalue weighted by atomic mass is 35.5. The number of rotatable bonds is 3. The number of ether oxygens (including phenoxy) is 1. The van der Waals surface area contributed by atoms with E-state index in [1.807, 2.05) is 0 Å². The zero-order chi connectivity index (χ0) is 13.1. The molecule has 1 saturated heterocycles. The third-order valence-corrected chi connectivity index (χ3v) is 3.74. The van der Waals surface area contributed by atoms with E-state index in [0.29, 0.717) is 13.2 Å². The van der Waals surface area contributed by atoms with Crippen LogP contribution in [0.25, 0.3) is 0 Å². The highest BCUT2D eigenvalue weighted by Gasteiger charge is 2.21. The van der Waals surface area contributed by atoms with Gasteiger partial charge in [0.25, 0.3) is 5.56 Å². The van der Waals surface area contributed by atoms with E-state index in [4.69, 9.17) is 27.9 Å². The standard InChI is InChI=1S/C11H15Cl2N3O2/c1-2-15-3-4-18-8(6-15)7-16-11(17)10(13)9(12)5-14-16/h5,8H,2-4,6-7H2,1H3. The number of morpholine rings is 1. The predicted molar refractivity (Wildman–Crippen MR) is 70.4 cm³/mol. The van der Waals surface area contributed by atoms with Crippen LogP contribution in [0.4, 0.5) is 0 Å². The zero-order valence-electron chi connectivity index (χ0n) is 10.1. The summed E-state index contributed by atoms with van der Waals surface area (Å²) in [5, 5.41) is 4.16. The van der Waals surface area contributed by atoms with Gasteiger partial charge in [0, 0.05) is 13.1 Å². The van der Waals surface area contributed by atoms with Gasteiger partial charge >= 0.3 is 0 Å². The Morgan fingerprint density at radius 3 is 3.06 bits per heavy atom. The van der Waals surface area contributed by atoms with Crippen LogP contribution < -0.4 is 5.56 Å².